The van der Waals surface area contributed by atoms with Gasteiger partial charge in [0.25, 0.3) is 0 Å². The first-order valence-corrected chi connectivity index (χ1v) is 6.35. The molecule has 0 aliphatic carbocycles. The maximum atomic E-state index is 6.00. The van der Waals surface area contributed by atoms with E-state index in [4.69, 9.17) is 5.73 Å². The van der Waals surface area contributed by atoms with Crippen LogP contribution in [-0.4, -0.2) is 14.8 Å². The van der Waals surface area contributed by atoms with Gasteiger partial charge in [-0.1, -0.05) is 0 Å². The number of hydrogen-bond donors (Lipinski definition) is 1. The Morgan fingerprint density at radius 2 is 2.25 bits per heavy atom. The van der Waals surface area contributed by atoms with Crippen LogP contribution < -0.4 is 5.73 Å². The van der Waals surface area contributed by atoms with Crippen molar-refractivity contribution < 1.29 is 0 Å². The molecule has 0 spiro atoms. The zero-order valence-electron chi connectivity index (χ0n) is 9.23. The second-order valence-corrected chi connectivity index (χ2v) is 5.47. The predicted octanol–water partition coefficient (Wildman–Crippen LogP) is 2.23. The molecule has 0 atom stereocenters. The van der Waals surface area contributed by atoms with Crippen molar-refractivity contribution >= 4 is 16.3 Å². The van der Waals surface area contributed by atoms with Crippen LogP contribution in [-0.2, 0) is 13.0 Å². The van der Waals surface area contributed by atoms with Gasteiger partial charge in [0.2, 0.25) is 0 Å². The van der Waals surface area contributed by atoms with Gasteiger partial charge in [-0.3, -0.25) is 0 Å². The van der Waals surface area contributed by atoms with Gasteiger partial charge >= 0.3 is 0 Å². The molecule has 0 saturated heterocycles. The van der Waals surface area contributed by atoms with E-state index in [0.29, 0.717) is 0 Å². The molecule has 3 rings (SSSR count). The predicted molar refractivity (Wildman–Crippen MR) is 65.4 cm³/mol. The Hall–Kier alpha value is -1.36. The van der Waals surface area contributed by atoms with Crippen LogP contribution in [0.25, 0.3) is 11.4 Å². The van der Waals surface area contributed by atoms with Gasteiger partial charge in [0, 0.05) is 17.8 Å². The Labute approximate surface area is 98.1 Å². The lowest BCUT2D eigenvalue weighted by Crippen LogP contribution is -2.11. The van der Waals surface area contributed by atoms with Crippen LogP contribution in [0.3, 0.4) is 0 Å². The second-order valence-electron chi connectivity index (χ2n) is 4.18. The minimum atomic E-state index is 0.846. The topological polar surface area (TPSA) is 56.7 Å². The Morgan fingerprint density at radius 3 is 3.00 bits per heavy atom. The minimum absolute atomic E-state index is 0.846. The molecule has 0 unspecified atom stereocenters. The molecule has 3 heterocycles. The van der Waals surface area contributed by atoms with Crippen LogP contribution in [0.2, 0.25) is 0 Å². The monoisotopic (exact) mass is 234 g/mol. The summed E-state index contributed by atoms with van der Waals surface area (Å²) in [6.45, 7) is 3.09. The lowest BCUT2D eigenvalue weighted by molar-refractivity contribution is 0.526. The van der Waals surface area contributed by atoms with Crippen molar-refractivity contribution in [2.45, 2.75) is 32.7 Å². The molecule has 0 fully saturated rings. The number of rotatable bonds is 1. The fourth-order valence-electron chi connectivity index (χ4n) is 2.21. The lowest BCUT2D eigenvalue weighted by Gasteiger charge is -2.14. The summed E-state index contributed by atoms with van der Waals surface area (Å²) in [5.74, 6) is 2.04. The summed E-state index contributed by atoms with van der Waals surface area (Å²) in [7, 11) is 0. The number of anilines is 1. The largest absolute Gasteiger partial charge is 0.390 e. The van der Waals surface area contributed by atoms with Crippen LogP contribution in [0.1, 0.15) is 23.5 Å². The highest BCUT2D eigenvalue weighted by Crippen LogP contribution is 2.33. The molecule has 2 aromatic heterocycles. The van der Waals surface area contributed by atoms with Crippen molar-refractivity contribution in [2.75, 3.05) is 5.73 Å². The van der Waals surface area contributed by atoms with Crippen molar-refractivity contribution in [3.05, 3.63) is 16.8 Å². The number of fused-ring (bicyclic) bond motifs is 1. The summed E-state index contributed by atoms with van der Waals surface area (Å²) in [6.07, 6.45) is 3.47. The summed E-state index contributed by atoms with van der Waals surface area (Å²) >= 11 is 1.61. The molecule has 0 radical (unpaired) electrons. The average Bonchev–Trinajstić information content (AvgIpc) is 2.81. The van der Waals surface area contributed by atoms with Gasteiger partial charge in [0.05, 0.1) is 10.6 Å². The highest BCUT2D eigenvalue weighted by molar-refractivity contribution is 7.16. The summed E-state index contributed by atoms with van der Waals surface area (Å²) < 4.78 is 2.21. The summed E-state index contributed by atoms with van der Waals surface area (Å²) in [6, 6.07) is 2.10. The van der Waals surface area contributed by atoms with Gasteiger partial charge in [-0.05, 0) is 25.8 Å². The summed E-state index contributed by atoms with van der Waals surface area (Å²) in [4.78, 5) is 1.22. The fourth-order valence-corrected chi connectivity index (χ4v) is 3.00. The summed E-state index contributed by atoms with van der Waals surface area (Å²) in [5, 5.41) is 9.37. The van der Waals surface area contributed by atoms with E-state index in [1.807, 2.05) is 0 Å². The van der Waals surface area contributed by atoms with Gasteiger partial charge in [-0.15, -0.1) is 21.5 Å². The first-order valence-electron chi connectivity index (χ1n) is 5.54. The Bertz CT molecular complexity index is 526. The molecular formula is C11H14N4S. The number of nitrogens with two attached hydrogens (primary N) is 1. The maximum absolute atomic E-state index is 6.00. The molecule has 2 aromatic rings. The van der Waals surface area contributed by atoms with E-state index in [9.17, 15) is 0 Å². The SMILES string of the molecule is Cc1cc(-c2nnc3n2CCCC3)c(N)s1. The van der Waals surface area contributed by atoms with Crippen LogP contribution in [0.15, 0.2) is 6.07 Å². The molecule has 4 nitrogen and oxygen atoms in total. The lowest BCUT2D eigenvalue weighted by atomic mass is 10.1. The van der Waals surface area contributed by atoms with E-state index >= 15 is 0 Å². The number of nitrogens with zero attached hydrogens (tertiary/aromatic N) is 3. The standard InChI is InChI=1S/C11H14N4S/c1-7-6-8(10(12)16-7)11-14-13-9-4-2-3-5-15(9)11/h6H,2-5,12H2,1H3. The van der Waals surface area contributed by atoms with Gasteiger partial charge in [0.15, 0.2) is 5.82 Å². The van der Waals surface area contributed by atoms with Crippen LogP contribution in [0, 0.1) is 6.92 Å². The molecule has 0 aromatic carbocycles. The van der Waals surface area contributed by atoms with Crippen LogP contribution in [0.4, 0.5) is 5.00 Å². The van der Waals surface area contributed by atoms with E-state index in [0.717, 1.165) is 35.2 Å². The number of aryl methyl sites for hydroxylation is 2. The zero-order chi connectivity index (χ0) is 11.1. The van der Waals surface area contributed by atoms with Crippen LogP contribution in [0.5, 0.6) is 0 Å². The molecule has 0 bridgehead atoms. The normalized spacial score (nSPS) is 15.1. The van der Waals surface area contributed by atoms with Crippen LogP contribution >= 0.6 is 11.3 Å². The number of aromatic nitrogens is 3. The molecule has 84 valence electrons. The average molecular weight is 234 g/mol. The molecule has 16 heavy (non-hydrogen) atoms. The number of hydrogen-bond acceptors (Lipinski definition) is 4. The van der Waals surface area contributed by atoms with Crippen molar-refractivity contribution in [2.24, 2.45) is 0 Å². The Balaban J connectivity index is 2.13. The number of thiophene rings is 1. The molecule has 5 heteroatoms. The first-order chi connectivity index (χ1) is 7.75. The van der Waals surface area contributed by atoms with Gasteiger partial charge in [-0.2, -0.15) is 0 Å². The quantitative estimate of drug-likeness (QED) is 0.823. The second kappa shape index (κ2) is 3.59. The van der Waals surface area contributed by atoms with Crippen molar-refractivity contribution in [1.29, 1.82) is 0 Å². The maximum Gasteiger partial charge on any atom is 0.166 e. The third-order valence-electron chi connectivity index (χ3n) is 2.98. The smallest absolute Gasteiger partial charge is 0.166 e. The van der Waals surface area contributed by atoms with E-state index in [2.05, 4.69) is 27.8 Å². The minimum Gasteiger partial charge on any atom is -0.390 e. The van der Waals surface area contributed by atoms with Gasteiger partial charge < -0.3 is 10.3 Å². The Morgan fingerprint density at radius 1 is 1.38 bits per heavy atom. The van der Waals surface area contributed by atoms with E-state index in [1.54, 1.807) is 11.3 Å². The third-order valence-corrected chi connectivity index (χ3v) is 3.86. The molecule has 0 amide bonds. The highest BCUT2D eigenvalue weighted by atomic mass is 32.1. The van der Waals surface area contributed by atoms with E-state index in [1.165, 1.54) is 17.7 Å². The first kappa shape index (κ1) is 9.84. The third kappa shape index (κ3) is 1.43. The van der Waals surface area contributed by atoms with Crippen molar-refractivity contribution in [3.8, 4) is 11.4 Å². The molecule has 2 N–H and O–H groups in total. The van der Waals surface area contributed by atoms with E-state index < -0.39 is 0 Å². The molecular weight excluding hydrogens is 220 g/mol. The van der Waals surface area contributed by atoms with Gasteiger partial charge in [0.1, 0.15) is 5.82 Å². The number of nitrogen functional groups attached to an aromatic ring is 1. The Kier molecular flexibility index (Phi) is 2.21. The van der Waals surface area contributed by atoms with Crippen molar-refractivity contribution in [1.82, 2.24) is 14.8 Å². The molecule has 1 aliphatic rings. The molecule has 0 saturated carbocycles. The molecule has 1 aliphatic heterocycles. The zero-order valence-corrected chi connectivity index (χ0v) is 10.0. The fraction of sp³-hybridized carbons (Fsp3) is 0.455. The van der Waals surface area contributed by atoms with E-state index in [-0.39, 0.29) is 0 Å². The summed E-state index contributed by atoms with van der Waals surface area (Å²) in [5.41, 5.74) is 7.05. The van der Waals surface area contributed by atoms with Gasteiger partial charge in [-0.25, -0.2) is 0 Å². The highest BCUT2D eigenvalue weighted by Gasteiger charge is 2.19. The van der Waals surface area contributed by atoms with Crippen molar-refractivity contribution in [3.63, 3.8) is 0 Å².